The first-order valence-electron chi connectivity index (χ1n) is 13.7. The van der Waals surface area contributed by atoms with Crippen molar-refractivity contribution < 1.29 is 14.3 Å². The van der Waals surface area contributed by atoms with Crippen molar-refractivity contribution in [3.63, 3.8) is 0 Å². The Morgan fingerprint density at radius 1 is 0.810 bits per heavy atom. The van der Waals surface area contributed by atoms with Crippen LogP contribution in [0.5, 0.6) is 11.5 Å². The van der Waals surface area contributed by atoms with Gasteiger partial charge in [-0.15, -0.1) is 0 Å². The van der Waals surface area contributed by atoms with E-state index in [-0.39, 0.29) is 5.91 Å². The average Bonchev–Trinajstić information content (AvgIpc) is 3.31. The van der Waals surface area contributed by atoms with Gasteiger partial charge < -0.3 is 9.47 Å². The van der Waals surface area contributed by atoms with Crippen molar-refractivity contribution in [3.8, 4) is 11.5 Å². The molecule has 5 aromatic rings. The molecule has 1 amide bonds. The molecule has 1 saturated heterocycles. The van der Waals surface area contributed by atoms with Gasteiger partial charge in [-0.25, -0.2) is 4.99 Å². The number of ether oxygens (including phenoxy) is 2. The number of amides is 1. The second-order valence-electron chi connectivity index (χ2n) is 10.1. The Labute approximate surface area is 250 Å². The summed E-state index contributed by atoms with van der Waals surface area (Å²) in [4.78, 5) is 21.0. The molecule has 0 aliphatic carbocycles. The van der Waals surface area contributed by atoms with Crippen LogP contribution in [0.25, 0.3) is 16.8 Å². The van der Waals surface area contributed by atoms with Crippen LogP contribution in [-0.4, -0.2) is 18.2 Å². The van der Waals surface area contributed by atoms with Gasteiger partial charge in [0.05, 0.1) is 23.4 Å². The summed E-state index contributed by atoms with van der Waals surface area (Å²) in [7, 11) is 1.62. The monoisotopic (exact) mass is 570 g/mol. The molecule has 0 unspecified atom stereocenters. The van der Waals surface area contributed by atoms with Gasteiger partial charge in [0.15, 0.2) is 16.7 Å². The van der Waals surface area contributed by atoms with Gasteiger partial charge in [-0.1, -0.05) is 90.0 Å². The van der Waals surface area contributed by atoms with Crippen molar-refractivity contribution in [2.24, 2.45) is 4.99 Å². The molecule has 0 saturated carbocycles. The molecule has 6 heteroatoms. The van der Waals surface area contributed by atoms with E-state index in [4.69, 9.17) is 14.5 Å². The Morgan fingerprint density at radius 2 is 1.50 bits per heavy atom. The van der Waals surface area contributed by atoms with E-state index in [0.717, 1.165) is 44.4 Å². The number of carbonyl (C=O) groups excluding carboxylic acids is 1. The molecule has 5 nitrogen and oxygen atoms in total. The molecule has 1 aliphatic rings. The number of aryl methyl sites for hydroxylation is 2. The van der Waals surface area contributed by atoms with E-state index in [0.29, 0.717) is 28.2 Å². The third-order valence-corrected chi connectivity index (χ3v) is 8.09. The minimum absolute atomic E-state index is 0.141. The number of rotatable bonds is 7. The van der Waals surface area contributed by atoms with Gasteiger partial charge >= 0.3 is 0 Å². The fraction of sp³-hybridized carbons (Fsp3) is 0.111. The van der Waals surface area contributed by atoms with Gasteiger partial charge in [-0.3, -0.25) is 9.69 Å². The number of fused-ring (bicyclic) bond motifs is 1. The molecule has 42 heavy (non-hydrogen) atoms. The number of amidine groups is 1. The van der Waals surface area contributed by atoms with Crippen LogP contribution in [0, 0.1) is 13.8 Å². The van der Waals surface area contributed by atoms with Crippen LogP contribution in [0.2, 0.25) is 0 Å². The molecule has 208 valence electrons. The molecule has 6 rings (SSSR count). The lowest BCUT2D eigenvalue weighted by Crippen LogP contribution is -2.28. The van der Waals surface area contributed by atoms with E-state index in [2.05, 4.69) is 24.3 Å². The summed E-state index contributed by atoms with van der Waals surface area (Å²) in [5, 5.41) is 2.90. The first-order valence-corrected chi connectivity index (χ1v) is 14.5. The van der Waals surface area contributed by atoms with Gasteiger partial charge in [0.2, 0.25) is 0 Å². The molecule has 1 fully saturated rings. The van der Waals surface area contributed by atoms with E-state index in [1.165, 1.54) is 11.8 Å². The van der Waals surface area contributed by atoms with Gasteiger partial charge in [-0.2, -0.15) is 0 Å². The number of hydrogen-bond acceptors (Lipinski definition) is 5. The Hall–Kier alpha value is -4.81. The molecule has 0 aromatic heterocycles. The molecule has 0 spiro atoms. The minimum Gasteiger partial charge on any atom is -0.493 e. The summed E-state index contributed by atoms with van der Waals surface area (Å²) in [6.07, 6.45) is 1.87. The lowest BCUT2D eigenvalue weighted by atomic mass is 10.1. The number of carbonyl (C=O) groups is 1. The van der Waals surface area contributed by atoms with Gasteiger partial charge in [0, 0.05) is 5.56 Å². The Morgan fingerprint density at radius 3 is 2.26 bits per heavy atom. The SMILES string of the molecule is COc1cccc(/C=C2/SC(=Nc3ccc(C)cc3)N(c3ccc(C)cc3)C2=O)c1OCc1cccc2ccccc12. The summed E-state index contributed by atoms with van der Waals surface area (Å²) < 4.78 is 12.1. The number of hydrogen-bond donors (Lipinski definition) is 0. The van der Waals surface area contributed by atoms with E-state index < -0.39 is 0 Å². The average molecular weight is 571 g/mol. The highest BCUT2D eigenvalue weighted by Gasteiger charge is 2.35. The van der Waals surface area contributed by atoms with Crippen LogP contribution >= 0.6 is 11.8 Å². The summed E-state index contributed by atoms with van der Waals surface area (Å²) in [6, 6.07) is 36.0. The van der Waals surface area contributed by atoms with Gasteiger partial charge in [-0.05, 0) is 78.4 Å². The third kappa shape index (κ3) is 5.67. The van der Waals surface area contributed by atoms with Crippen LogP contribution in [0.3, 0.4) is 0 Å². The summed E-state index contributed by atoms with van der Waals surface area (Å²) in [5.74, 6) is 1.04. The molecule has 0 radical (unpaired) electrons. The van der Waals surface area contributed by atoms with E-state index in [1.807, 2.05) is 105 Å². The van der Waals surface area contributed by atoms with Crippen LogP contribution in [0.4, 0.5) is 11.4 Å². The molecule has 0 N–H and O–H groups in total. The van der Waals surface area contributed by atoms with Crippen molar-refractivity contribution in [1.82, 2.24) is 0 Å². The highest BCUT2D eigenvalue weighted by Crippen LogP contribution is 2.40. The zero-order valence-corrected chi connectivity index (χ0v) is 24.5. The number of thioether (sulfide) groups is 1. The van der Waals surface area contributed by atoms with E-state index in [1.54, 1.807) is 12.0 Å². The number of benzene rings is 5. The molecular weight excluding hydrogens is 540 g/mol. The van der Waals surface area contributed by atoms with Crippen molar-refractivity contribution in [2.75, 3.05) is 12.0 Å². The molecule has 1 heterocycles. The number of aliphatic imine (C=N–C) groups is 1. The van der Waals surface area contributed by atoms with E-state index in [9.17, 15) is 4.79 Å². The maximum Gasteiger partial charge on any atom is 0.271 e. The topological polar surface area (TPSA) is 51.1 Å². The zero-order chi connectivity index (χ0) is 29.1. The Balaban J connectivity index is 1.37. The maximum absolute atomic E-state index is 13.9. The minimum atomic E-state index is -0.141. The summed E-state index contributed by atoms with van der Waals surface area (Å²) in [6.45, 7) is 4.42. The fourth-order valence-corrected chi connectivity index (χ4v) is 5.86. The highest BCUT2D eigenvalue weighted by molar-refractivity contribution is 8.19. The summed E-state index contributed by atoms with van der Waals surface area (Å²) in [5.41, 5.74) is 5.65. The number of nitrogens with zero attached hydrogens (tertiary/aromatic N) is 2. The van der Waals surface area contributed by atoms with Crippen LogP contribution in [0.15, 0.2) is 119 Å². The third-order valence-electron chi connectivity index (χ3n) is 7.13. The standard InChI is InChI=1S/C36H30N2O3S/c1-24-14-18-29(19-15-24)37-36-38(30-20-16-25(2)17-21-30)35(39)33(42-36)22-27-10-7-13-32(40-3)34(27)41-23-28-11-6-9-26-8-4-5-12-31(26)28/h4-22H,23H2,1-3H3/b33-22+,37-36?. The van der Waals surface area contributed by atoms with Crippen molar-refractivity contribution in [1.29, 1.82) is 0 Å². The molecule has 0 atom stereocenters. The second-order valence-corrected chi connectivity index (χ2v) is 11.1. The quantitative estimate of drug-likeness (QED) is 0.183. The van der Waals surface area contributed by atoms with Crippen molar-refractivity contribution >= 4 is 51.1 Å². The lowest BCUT2D eigenvalue weighted by Gasteiger charge is -2.16. The second kappa shape index (κ2) is 12.0. The Bertz CT molecular complexity index is 1820. The number of methoxy groups -OCH3 is 1. The first-order chi connectivity index (χ1) is 20.5. The normalized spacial score (nSPS) is 15.1. The van der Waals surface area contributed by atoms with E-state index >= 15 is 0 Å². The van der Waals surface area contributed by atoms with Gasteiger partial charge in [0.1, 0.15) is 6.61 Å². The van der Waals surface area contributed by atoms with Crippen molar-refractivity contribution in [3.05, 3.63) is 136 Å². The maximum atomic E-state index is 13.9. The summed E-state index contributed by atoms with van der Waals surface area (Å²) >= 11 is 1.35. The smallest absolute Gasteiger partial charge is 0.271 e. The Kier molecular flexibility index (Phi) is 7.80. The van der Waals surface area contributed by atoms with Crippen molar-refractivity contribution in [2.45, 2.75) is 20.5 Å². The number of para-hydroxylation sites is 1. The number of anilines is 1. The first kappa shape index (κ1) is 27.4. The lowest BCUT2D eigenvalue weighted by molar-refractivity contribution is -0.113. The van der Waals surface area contributed by atoms with Crippen LogP contribution < -0.4 is 14.4 Å². The molecule has 1 aliphatic heterocycles. The van der Waals surface area contributed by atoms with Gasteiger partial charge in [0.25, 0.3) is 5.91 Å². The molecule has 0 bridgehead atoms. The predicted octanol–water partition coefficient (Wildman–Crippen LogP) is 8.85. The van der Waals surface area contributed by atoms with Crippen LogP contribution in [0.1, 0.15) is 22.3 Å². The predicted molar refractivity (Wildman–Crippen MR) is 174 cm³/mol. The van der Waals surface area contributed by atoms with Crippen LogP contribution in [-0.2, 0) is 11.4 Å². The fourth-order valence-electron chi connectivity index (χ4n) is 4.87. The largest absolute Gasteiger partial charge is 0.493 e. The highest BCUT2D eigenvalue weighted by atomic mass is 32.2. The zero-order valence-electron chi connectivity index (χ0n) is 23.7. The molecule has 5 aromatic carbocycles. The molecular formula is C36H30N2O3S.